The lowest BCUT2D eigenvalue weighted by molar-refractivity contribution is -0.167. The third-order valence-corrected chi connectivity index (χ3v) is 6.29. The predicted octanol–water partition coefficient (Wildman–Crippen LogP) is 6.20. The second kappa shape index (κ2) is 14.8. The smallest absolute Gasteiger partial charge is 0.443 e. The number of hydrogen-bond donors (Lipinski definition) is 1. The highest BCUT2D eigenvalue weighted by atomic mass is 19.4. The molecule has 12 nitrogen and oxygen atoms in total. The van der Waals surface area contributed by atoms with Crippen molar-refractivity contribution in [2.45, 2.75) is 72.4 Å². The summed E-state index contributed by atoms with van der Waals surface area (Å²) in [5, 5.41) is 1.68. The number of rotatable bonds is 5. The summed E-state index contributed by atoms with van der Waals surface area (Å²) in [6.07, 6.45) is -7.75. The number of imide groups is 1. The number of alkyl halides is 3. The Bertz CT molecular complexity index is 1890. The van der Waals surface area contributed by atoms with Gasteiger partial charge in [-0.3, -0.25) is 19.0 Å². The Kier molecular flexibility index (Phi) is 11.5. The van der Waals surface area contributed by atoms with Crippen molar-refractivity contribution in [2.24, 2.45) is 0 Å². The first kappa shape index (κ1) is 38.7. The predicted molar refractivity (Wildman–Crippen MR) is 175 cm³/mol. The minimum atomic E-state index is -5.31. The molecule has 4 amide bonds. The van der Waals surface area contributed by atoms with Gasteiger partial charge in [-0.25, -0.2) is 19.0 Å². The van der Waals surface area contributed by atoms with E-state index in [2.05, 4.69) is 16.8 Å². The molecule has 0 aliphatic carbocycles. The number of benzene rings is 1. The molecule has 0 bridgehead atoms. The number of aromatic nitrogens is 2. The molecule has 0 saturated heterocycles. The van der Waals surface area contributed by atoms with Gasteiger partial charge in [0.1, 0.15) is 28.4 Å². The van der Waals surface area contributed by atoms with Gasteiger partial charge in [-0.15, -0.1) is 0 Å². The van der Waals surface area contributed by atoms with Gasteiger partial charge in [-0.1, -0.05) is 12.0 Å². The van der Waals surface area contributed by atoms with E-state index in [0.717, 1.165) is 28.8 Å². The van der Waals surface area contributed by atoms with Crippen LogP contribution in [0.1, 0.15) is 63.3 Å². The van der Waals surface area contributed by atoms with Crippen molar-refractivity contribution in [3.63, 3.8) is 0 Å². The van der Waals surface area contributed by atoms with Crippen LogP contribution in [-0.4, -0.2) is 58.0 Å². The van der Waals surface area contributed by atoms with E-state index in [1.54, 1.807) is 5.32 Å². The van der Waals surface area contributed by atoms with Crippen LogP contribution in [0.4, 0.5) is 44.3 Å². The molecule has 0 saturated carbocycles. The number of amides is 4. The van der Waals surface area contributed by atoms with Crippen LogP contribution in [0.15, 0.2) is 53.3 Å². The van der Waals surface area contributed by atoms with Crippen LogP contribution in [0.2, 0.25) is 0 Å². The van der Waals surface area contributed by atoms with E-state index < -0.39 is 76.5 Å². The summed E-state index contributed by atoms with van der Waals surface area (Å²) in [6, 6.07) is 9.83. The third kappa shape index (κ3) is 10.1. The molecule has 0 aliphatic rings. The summed E-state index contributed by atoms with van der Waals surface area (Å²) >= 11 is 0. The zero-order valence-electron chi connectivity index (χ0n) is 28.5. The molecule has 0 radical (unpaired) electrons. The number of halogens is 4. The van der Waals surface area contributed by atoms with Crippen LogP contribution in [-0.2, 0) is 20.8 Å². The van der Waals surface area contributed by atoms with Crippen LogP contribution in [0.25, 0.3) is 0 Å². The van der Waals surface area contributed by atoms with Gasteiger partial charge in [-0.05, 0) is 96.3 Å². The molecule has 0 aliphatic heterocycles. The Hall–Kier alpha value is -5.72. The van der Waals surface area contributed by atoms with Gasteiger partial charge < -0.3 is 19.7 Å². The molecular formula is C34H35F4N5O7. The fourth-order valence-electron chi connectivity index (χ4n) is 4.10. The molecule has 0 atom stereocenters. The number of nitrogens with one attached hydrogen (secondary N) is 1. The van der Waals surface area contributed by atoms with Crippen molar-refractivity contribution in [2.75, 3.05) is 22.2 Å². The Morgan fingerprint density at radius 2 is 1.48 bits per heavy atom. The normalized spacial score (nSPS) is 11.5. The van der Waals surface area contributed by atoms with E-state index >= 15 is 0 Å². The third-order valence-electron chi connectivity index (χ3n) is 6.29. The van der Waals surface area contributed by atoms with Crippen molar-refractivity contribution >= 4 is 41.2 Å². The summed E-state index contributed by atoms with van der Waals surface area (Å²) in [6.45, 7) is 10.0. The standard InChI is InChI=1S/C34H35F4N5O7/c1-20-19-24(40-29(46)34(36,37)38)23(39-27(20)43(30(47)49-32(2,3)4)31(48)50-33(5,6)7)11-10-18-42-25(12-9-13-26(42)44)28(45)41(8)22-16-14-21(35)15-17-22/h9,12-17,19H,18H2,1-8H3,(H,40,46). The molecule has 1 N–H and O–H groups in total. The zero-order chi connectivity index (χ0) is 37.8. The molecule has 3 aromatic rings. The maximum absolute atomic E-state index is 13.4. The lowest BCUT2D eigenvalue weighted by Gasteiger charge is -2.29. The Labute approximate surface area is 285 Å². The molecule has 2 aromatic heterocycles. The topological polar surface area (TPSA) is 140 Å². The summed E-state index contributed by atoms with van der Waals surface area (Å²) in [5.74, 6) is 1.04. The lowest BCUT2D eigenvalue weighted by Crippen LogP contribution is -2.44. The van der Waals surface area contributed by atoms with Gasteiger partial charge in [-0.2, -0.15) is 18.1 Å². The highest BCUT2D eigenvalue weighted by Crippen LogP contribution is 2.29. The van der Waals surface area contributed by atoms with Crippen LogP contribution in [0.3, 0.4) is 0 Å². The molecule has 266 valence electrons. The lowest BCUT2D eigenvalue weighted by atomic mass is 10.2. The van der Waals surface area contributed by atoms with Gasteiger partial charge in [0.25, 0.3) is 11.5 Å². The Morgan fingerprint density at radius 1 is 0.920 bits per heavy atom. The monoisotopic (exact) mass is 701 g/mol. The zero-order valence-corrected chi connectivity index (χ0v) is 28.5. The maximum atomic E-state index is 13.4. The average molecular weight is 702 g/mol. The number of carbonyl (C=O) groups is 4. The number of pyridine rings is 2. The second-order valence-electron chi connectivity index (χ2n) is 12.8. The van der Waals surface area contributed by atoms with Crippen LogP contribution < -0.4 is 20.7 Å². The minimum Gasteiger partial charge on any atom is -0.443 e. The summed E-state index contributed by atoms with van der Waals surface area (Å²) < 4.78 is 64.9. The molecule has 0 fully saturated rings. The van der Waals surface area contributed by atoms with E-state index in [4.69, 9.17) is 9.47 Å². The van der Waals surface area contributed by atoms with E-state index in [9.17, 15) is 41.5 Å². The average Bonchev–Trinajstić information content (AvgIpc) is 2.97. The van der Waals surface area contributed by atoms with Crippen molar-refractivity contribution < 1.29 is 46.2 Å². The van der Waals surface area contributed by atoms with Crippen LogP contribution >= 0.6 is 0 Å². The van der Waals surface area contributed by atoms with E-state index in [1.807, 2.05) is 0 Å². The van der Waals surface area contributed by atoms with Gasteiger partial charge in [0, 0.05) is 18.8 Å². The SMILES string of the molecule is Cc1cc(NC(=O)C(F)(F)F)c(C#CCn2c(C(=O)N(C)c3ccc(F)cc3)cccc2=O)nc1N(C(=O)OC(C)(C)C)C(=O)OC(C)(C)C. The quantitative estimate of drug-likeness (QED) is 0.245. The van der Waals surface area contributed by atoms with Gasteiger partial charge in [0.15, 0.2) is 5.82 Å². The molecule has 0 unspecified atom stereocenters. The molecule has 0 spiro atoms. The number of nitrogens with zero attached hydrogens (tertiary/aromatic N) is 4. The maximum Gasteiger partial charge on any atom is 0.471 e. The molecule has 16 heteroatoms. The van der Waals surface area contributed by atoms with E-state index in [-0.39, 0.29) is 11.3 Å². The van der Waals surface area contributed by atoms with Gasteiger partial charge >= 0.3 is 24.3 Å². The van der Waals surface area contributed by atoms with Crippen molar-refractivity contribution in [1.29, 1.82) is 0 Å². The fraction of sp³-hybridized carbons (Fsp3) is 0.353. The van der Waals surface area contributed by atoms with E-state index in [1.165, 1.54) is 84.7 Å². The first-order valence-electron chi connectivity index (χ1n) is 14.9. The molecule has 50 heavy (non-hydrogen) atoms. The van der Waals surface area contributed by atoms with Gasteiger partial charge in [0.05, 0.1) is 12.2 Å². The van der Waals surface area contributed by atoms with Crippen LogP contribution in [0, 0.1) is 24.6 Å². The molecule has 2 heterocycles. The number of ether oxygens (including phenoxy) is 2. The molecule has 1 aromatic carbocycles. The summed E-state index contributed by atoms with van der Waals surface area (Å²) in [5.41, 5.74) is -3.83. The number of aryl methyl sites for hydroxylation is 1. The highest BCUT2D eigenvalue weighted by molar-refractivity contribution is 6.09. The summed E-state index contributed by atoms with van der Waals surface area (Å²) in [7, 11) is 1.40. The highest BCUT2D eigenvalue weighted by Gasteiger charge is 2.40. The minimum absolute atomic E-state index is 0.0549. The van der Waals surface area contributed by atoms with Crippen molar-refractivity contribution in [3.8, 4) is 11.8 Å². The van der Waals surface area contributed by atoms with Crippen molar-refractivity contribution in [3.05, 3.63) is 81.7 Å². The second-order valence-corrected chi connectivity index (χ2v) is 12.8. The molecule has 3 rings (SSSR count). The van der Waals surface area contributed by atoms with E-state index in [0.29, 0.717) is 10.6 Å². The number of hydrogen-bond acceptors (Lipinski definition) is 8. The first-order chi connectivity index (χ1) is 23.0. The largest absolute Gasteiger partial charge is 0.471 e. The van der Waals surface area contributed by atoms with Crippen molar-refractivity contribution in [1.82, 2.24) is 9.55 Å². The molecular weight excluding hydrogens is 666 g/mol. The first-order valence-corrected chi connectivity index (χ1v) is 14.9. The fourth-order valence-corrected chi connectivity index (χ4v) is 4.10. The van der Waals surface area contributed by atoms with Gasteiger partial charge in [0.2, 0.25) is 0 Å². The van der Waals surface area contributed by atoms with Crippen LogP contribution in [0.5, 0.6) is 0 Å². The summed E-state index contributed by atoms with van der Waals surface area (Å²) in [4.78, 5) is 70.4. The Balaban J connectivity index is 2.16. The number of carbonyl (C=O) groups excluding carboxylic acids is 4. The number of anilines is 3. The Morgan fingerprint density at radius 3 is 2.00 bits per heavy atom.